The van der Waals surface area contributed by atoms with Gasteiger partial charge in [0, 0.05) is 12.8 Å². The Morgan fingerprint density at radius 3 is 1.72 bits per heavy atom. The van der Waals surface area contributed by atoms with E-state index in [9.17, 15) is 19.0 Å². The molecule has 0 rings (SSSR count). The minimum absolute atomic E-state index is 0.0355. The third-order valence-corrected chi connectivity index (χ3v) is 8.69. The van der Waals surface area contributed by atoms with Crippen LogP contribution in [-0.4, -0.2) is 70.0 Å². The van der Waals surface area contributed by atoms with Gasteiger partial charge >= 0.3 is 11.9 Å². The summed E-state index contributed by atoms with van der Waals surface area (Å²) in [6.07, 6.45) is 29.3. The molecule has 0 radical (unpaired) electrons. The summed E-state index contributed by atoms with van der Waals surface area (Å²) in [6, 6.07) is 0. The van der Waals surface area contributed by atoms with Crippen molar-refractivity contribution in [2.75, 3.05) is 47.5 Å². The molecule has 10 heteroatoms. The van der Waals surface area contributed by atoms with E-state index in [-0.39, 0.29) is 26.1 Å². The summed E-state index contributed by atoms with van der Waals surface area (Å²) in [5.41, 5.74) is 0. The van der Waals surface area contributed by atoms with Gasteiger partial charge in [-0.1, -0.05) is 115 Å². The minimum atomic E-state index is -4.62. The fraction of sp³-hybridized carbons (Fsp3) is 0.838. The Morgan fingerprint density at radius 1 is 0.660 bits per heavy atom. The highest BCUT2D eigenvalue weighted by molar-refractivity contribution is 7.45. The number of unbranched alkanes of at least 4 members (excludes halogenated alkanes) is 15. The Hall–Kier alpha value is -1.51. The van der Waals surface area contributed by atoms with E-state index in [0.29, 0.717) is 17.4 Å². The van der Waals surface area contributed by atoms with E-state index >= 15 is 0 Å². The highest BCUT2D eigenvalue weighted by Gasteiger charge is 2.21. The van der Waals surface area contributed by atoms with Crippen LogP contribution in [0.2, 0.25) is 0 Å². The van der Waals surface area contributed by atoms with Crippen LogP contribution in [0.3, 0.4) is 0 Å². The van der Waals surface area contributed by atoms with Crippen molar-refractivity contribution in [3.8, 4) is 0 Å². The number of carbonyl (C=O) groups excluding carboxylic acids is 2. The van der Waals surface area contributed by atoms with Crippen LogP contribution in [0.1, 0.15) is 149 Å². The van der Waals surface area contributed by atoms with Crippen LogP contribution >= 0.6 is 7.82 Å². The second-order valence-corrected chi connectivity index (χ2v) is 15.0. The van der Waals surface area contributed by atoms with Gasteiger partial charge in [0.25, 0.3) is 7.82 Å². The van der Waals surface area contributed by atoms with Crippen LogP contribution in [0, 0.1) is 0 Å². The second kappa shape index (κ2) is 30.5. The van der Waals surface area contributed by atoms with Crippen molar-refractivity contribution in [1.82, 2.24) is 0 Å². The van der Waals surface area contributed by atoms with E-state index < -0.39 is 32.5 Å². The van der Waals surface area contributed by atoms with Gasteiger partial charge in [-0.15, -0.1) is 0 Å². The maximum absolute atomic E-state index is 12.6. The first-order chi connectivity index (χ1) is 22.5. The monoisotopic (exact) mass is 687 g/mol. The molecule has 0 bridgehead atoms. The maximum Gasteiger partial charge on any atom is 0.306 e. The molecule has 2 atom stereocenters. The molecule has 0 spiro atoms. The number of phosphoric ester groups is 1. The van der Waals surface area contributed by atoms with Crippen LogP contribution in [0.25, 0.3) is 0 Å². The van der Waals surface area contributed by atoms with Crippen LogP contribution in [0.15, 0.2) is 24.3 Å². The molecule has 0 saturated carbocycles. The summed E-state index contributed by atoms with van der Waals surface area (Å²) in [7, 11) is 1.14. The number of allylic oxidation sites excluding steroid dienone is 4. The Kier molecular flexibility index (Phi) is 29.6. The predicted molar refractivity (Wildman–Crippen MR) is 190 cm³/mol. The lowest BCUT2D eigenvalue weighted by molar-refractivity contribution is -0.870. The molecule has 0 aromatic heterocycles. The lowest BCUT2D eigenvalue weighted by Gasteiger charge is -2.28. The summed E-state index contributed by atoms with van der Waals surface area (Å²) in [6.45, 7) is 4.12. The molecule has 276 valence electrons. The number of carbonyl (C=O) groups is 2. The van der Waals surface area contributed by atoms with Gasteiger partial charge in [-0.2, -0.15) is 0 Å². The van der Waals surface area contributed by atoms with E-state index in [0.717, 1.165) is 44.9 Å². The molecule has 0 aliphatic heterocycles. The van der Waals surface area contributed by atoms with Crippen molar-refractivity contribution in [2.45, 2.75) is 155 Å². The van der Waals surface area contributed by atoms with Crippen molar-refractivity contribution >= 4 is 19.8 Å². The topological polar surface area (TPSA) is 111 Å². The van der Waals surface area contributed by atoms with Gasteiger partial charge in [-0.3, -0.25) is 14.2 Å². The largest absolute Gasteiger partial charge is 0.756 e. The third kappa shape index (κ3) is 34.2. The molecule has 0 aliphatic rings. The third-order valence-electron chi connectivity index (χ3n) is 7.72. The molecule has 0 N–H and O–H groups in total. The van der Waals surface area contributed by atoms with Gasteiger partial charge in [-0.05, 0) is 44.9 Å². The summed E-state index contributed by atoms with van der Waals surface area (Å²) in [4.78, 5) is 37.1. The van der Waals surface area contributed by atoms with E-state index in [1.54, 1.807) is 0 Å². The van der Waals surface area contributed by atoms with Gasteiger partial charge in [-0.25, -0.2) is 0 Å². The van der Waals surface area contributed by atoms with Gasteiger partial charge in [0.1, 0.15) is 19.8 Å². The number of ether oxygens (including phenoxy) is 2. The zero-order chi connectivity index (χ0) is 35.1. The van der Waals surface area contributed by atoms with E-state index in [4.69, 9.17) is 18.5 Å². The normalized spacial score (nSPS) is 14.1. The first-order valence-corrected chi connectivity index (χ1v) is 20.0. The first-order valence-electron chi connectivity index (χ1n) is 18.5. The van der Waals surface area contributed by atoms with Crippen LogP contribution in [0.4, 0.5) is 0 Å². The molecule has 0 aliphatic carbocycles. The Balaban J connectivity index is 4.49. The Labute approximate surface area is 288 Å². The van der Waals surface area contributed by atoms with Gasteiger partial charge in [0.05, 0.1) is 27.7 Å². The van der Waals surface area contributed by atoms with Crippen molar-refractivity contribution in [1.29, 1.82) is 0 Å². The van der Waals surface area contributed by atoms with Crippen molar-refractivity contribution in [2.24, 2.45) is 0 Å². The molecule has 9 nitrogen and oxygen atoms in total. The van der Waals surface area contributed by atoms with Crippen LogP contribution < -0.4 is 4.89 Å². The number of hydrogen-bond acceptors (Lipinski definition) is 8. The summed E-state index contributed by atoms with van der Waals surface area (Å²) in [5, 5.41) is 0. The Morgan fingerprint density at radius 2 is 1.15 bits per heavy atom. The van der Waals surface area contributed by atoms with Crippen molar-refractivity contribution in [3.05, 3.63) is 24.3 Å². The fourth-order valence-electron chi connectivity index (χ4n) is 4.74. The number of phosphoric acid groups is 1. The van der Waals surface area contributed by atoms with Gasteiger partial charge in [0.2, 0.25) is 0 Å². The molecule has 0 amide bonds. The number of hydrogen-bond donors (Lipinski definition) is 0. The Bertz CT molecular complexity index is 871. The van der Waals surface area contributed by atoms with Crippen molar-refractivity contribution < 1.29 is 42.1 Å². The zero-order valence-corrected chi connectivity index (χ0v) is 31.6. The number of rotatable bonds is 33. The number of quaternary nitrogens is 1. The SMILES string of the molecule is CCCCCCCC/C=C/C/C=C/CCCCC(=O)O[C@H](COC(=O)CCCCCCCCCC)COP(=O)([O-])OCC[N+](C)(C)C. The molecule has 47 heavy (non-hydrogen) atoms. The standard InChI is InChI=1S/C37H70NO8P/c1-6-8-10-12-14-16-17-18-19-20-21-22-24-26-28-30-37(40)46-35(34-45-47(41,42)44-32-31-38(3,4)5)33-43-36(39)29-27-25-23-15-13-11-9-7-2/h18-19,21-22,35H,6-17,20,23-34H2,1-5H3/b19-18+,22-21+/t35-/m1/s1. The molecule has 0 heterocycles. The maximum atomic E-state index is 12.6. The average Bonchev–Trinajstić information content (AvgIpc) is 3.01. The van der Waals surface area contributed by atoms with E-state index in [1.165, 1.54) is 70.6 Å². The molecule has 1 unspecified atom stereocenters. The first kappa shape index (κ1) is 45.5. The highest BCUT2D eigenvalue weighted by atomic mass is 31.2. The molecule has 0 fully saturated rings. The minimum Gasteiger partial charge on any atom is -0.756 e. The number of likely N-dealkylation sites (N-methyl/N-ethyl adjacent to an activating group) is 1. The quantitative estimate of drug-likeness (QED) is 0.0221. The second-order valence-electron chi connectivity index (χ2n) is 13.6. The van der Waals surface area contributed by atoms with Crippen molar-refractivity contribution in [3.63, 3.8) is 0 Å². The highest BCUT2D eigenvalue weighted by Crippen LogP contribution is 2.38. The molecular weight excluding hydrogens is 617 g/mol. The van der Waals surface area contributed by atoms with Gasteiger partial charge in [0.15, 0.2) is 6.10 Å². The van der Waals surface area contributed by atoms with Gasteiger partial charge < -0.3 is 27.9 Å². The van der Waals surface area contributed by atoms with E-state index in [1.807, 2.05) is 21.1 Å². The van der Waals surface area contributed by atoms with Crippen LogP contribution in [0.5, 0.6) is 0 Å². The smallest absolute Gasteiger partial charge is 0.306 e. The van der Waals surface area contributed by atoms with Crippen LogP contribution in [-0.2, 0) is 32.7 Å². The predicted octanol–water partition coefficient (Wildman–Crippen LogP) is 8.99. The molecular formula is C37H70NO8P. The van der Waals surface area contributed by atoms with E-state index in [2.05, 4.69) is 38.2 Å². The lowest BCUT2D eigenvalue weighted by Crippen LogP contribution is -2.37. The zero-order valence-electron chi connectivity index (χ0n) is 30.7. The molecule has 0 aromatic rings. The number of esters is 2. The summed E-state index contributed by atoms with van der Waals surface area (Å²) < 4.78 is 33.6. The molecule has 0 aromatic carbocycles. The fourth-order valence-corrected chi connectivity index (χ4v) is 5.47. The molecule has 0 saturated heterocycles. The lowest BCUT2D eigenvalue weighted by atomic mass is 10.1. The summed E-state index contributed by atoms with van der Waals surface area (Å²) >= 11 is 0. The average molecular weight is 688 g/mol. The summed E-state index contributed by atoms with van der Waals surface area (Å²) in [5.74, 6) is -0.878. The number of nitrogens with zero attached hydrogens (tertiary/aromatic N) is 1.